The Balaban J connectivity index is 1.92. The van der Waals surface area contributed by atoms with Gasteiger partial charge in [0.1, 0.15) is 5.75 Å². The number of likely N-dealkylation sites (tertiary alicyclic amines) is 1. The highest BCUT2D eigenvalue weighted by Crippen LogP contribution is 2.15. The van der Waals surface area contributed by atoms with E-state index in [1.165, 1.54) is 6.21 Å². The third-order valence-corrected chi connectivity index (χ3v) is 3.18. The van der Waals surface area contributed by atoms with Crippen LogP contribution in [0.2, 0.25) is 0 Å². The number of para-hydroxylation sites is 1. The number of benzene rings is 1. The third-order valence-electron chi connectivity index (χ3n) is 3.18. The summed E-state index contributed by atoms with van der Waals surface area (Å²) in [6.07, 6.45) is 3.37. The van der Waals surface area contributed by atoms with E-state index in [0.29, 0.717) is 25.4 Å². The number of rotatable bonds is 4. The van der Waals surface area contributed by atoms with Crippen LogP contribution >= 0.6 is 0 Å². The smallest absolute Gasteiger partial charge is 0.329 e. The summed E-state index contributed by atoms with van der Waals surface area (Å²) in [5.74, 6) is -0.548. The van der Waals surface area contributed by atoms with E-state index < -0.39 is 11.8 Å². The second-order valence-corrected chi connectivity index (χ2v) is 4.67. The Labute approximate surface area is 123 Å². The lowest BCUT2D eigenvalue weighted by Gasteiger charge is -2.12. The molecule has 1 heterocycles. The number of ether oxygens (including phenoxy) is 1. The first-order chi connectivity index (χ1) is 10.2. The van der Waals surface area contributed by atoms with E-state index in [0.717, 1.165) is 18.4 Å². The van der Waals surface area contributed by atoms with Gasteiger partial charge in [-0.15, -0.1) is 0 Å². The van der Waals surface area contributed by atoms with Gasteiger partial charge in [-0.25, -0.2) is 5.43 Å². The van der Waals surface area contributed by atoms with Crippen LogP contribution in [0.1, 0.15) is 25.3 Å². The number of carbonyl (C=O) groups excluding carboxylic acids is 2. The van der Waals surface area contributed by atoms with Crippen molar-refractivity contribution in [2.75, 3.05) is 19.7 Å². The van der Waals surface area contributed by atoms with Crippen LogP contribution in [0.4, 0.5) is 0 Å². The van der Waals surface area contributed by atoms with Gasteiger partial charge in [-0.2, -0.15) is 5.10 Å². The molecule has 1 N–H and O–H groups in total. The summed E-state index contributed by atoms with van der Waals surface area (Å²) in [5.41, 5.74) is 3.00. The van der Waals surface area contributed by atoms with E-state index in [4.69, 9.17) is 4.74 Å². The Kier molecular flexibility index (Phi) is 5.31. The molecule has 6 heteroatoms. The van der Waals surface area contributed by atoms with Gasteiger partial charge in [0, 0.05) is 18.7 Å². The predicted octanol–water partition coefficient (Wildman–Crippen LogP) is 1.16. The Morgan fingerprint density at radius 3 is 2.76 bits per heavy atom. The zero-order valence-electron chi connectivity index (χ0n) is 12.0. The summed E-state index contributed by atoms with van der Waals surface area (Å²) in [7, 11) is 0. The van der Waals surface area contributed by atoms with Crippen LogP contribution < -0.4 is 10.2 Å². The van der Waals surface area contributed by atoms with E-state index in [1.54, 1.807) is 4.90 Å². The lowest BCUT2D eigenvalue weighted by molar-refractivity contribution is -0.145. The Hall–Kier alpha value is -2.37. The number of nitrogens with one attached hydrogen (secondary N) is 1. The van der Waals surface area contributed by atoms with Crippen molar-refractivity contribution in [3.05, 3.63) is 29.8 Å². The molecule has 1 aliphatic rings. The Morgan fingerprint density at radius 1 is 1.33 bits per heavy atom. The zero-order chi connectivity index (χ0) is 15.1. The topological polar surface area (TPSA) is 71.0 Å². The fourth-order valence-electron chi connectivity index (χ4n) is 2.15. The Morgan fingerprint density at radius 2 is 2.05 bits per heavy atom. The highest BCUT2D eigenvalue weighted by atomic mass is 16.5. The van der Waals surface area contributed by atoms with Crippen molar-refractivity contribution in [3.63, 3.8) is 0 Å². The summed E-state index contributed by atoms with van der Waals surface area (Å²) in [5, 5.41) is 3.82. The number of carbonyl (C=O) groups is 2. The van der Waals surface area contributed by atoms with Crippen LogP contribution in [-0.2, 0) is 9.59 Å². The van der Waals surface area contributed by atoms with Gasteiger partial charge in [-0.3, -0.25) is 9.59 Å². The first-order valence-electron chi connectivity index (χ1n) is 7.06. The molecule has 0 atom stereocenters. The molecular formula is C15H19N3O3. The van der Waals surface area contributed by atoms with Crippen molar-refractivity contribution in [1.29, 1.82) is 0 Å². The zero-order valence-corrected chi connectivity index (χ0v) is 12.0. The van der Waals surface area contributed by atoms with Crippen LogP contribution in [0.25, 0.3) is 0 Å². The van der Waals surface area contributed by atoms with Crippen molar-refractivity contribution in [3.8, 4) is 5.75 Å². The van der Waals surface area contributed by atoms with Crippen LogP contribution in [-0.4, -0.2) is 42.6 Å². The molecule has 112 valence electrons. The summed E-state index contributed by atoms with van der Waals surface area (Å²) >= 11 is 0. The molecule has 2 rings (SSSR count). The average Bonchev–Trinajstić information content (AvgIpc) is 3.02. The van der Waals surface area contributed by atoms with Crippen molar-refractivity contribution >= 4 is 18.0 Å². The lowest BCUT2D eigenvalue weighted by atomic mass is 10.2. The van der Waals surface area contributed by atoms with E-state index in [2.05, 4.69) is 10.5 Å². The van der Waals surface area contributed by atoms with Gasteiger partial charge < -0.3 is 9.64 Å². The average molecular weight is 289 g/mol. The SMILES string of the molecule is CCOc1ccccc1/C=N\NC(=O)C(=O)N1CCCC1. The molecule has 0 bridgehead atoms. The second kappa shape index (κ2) is 7.42. The van der Waals surface area contributed by atoms with Gasteiger partial charge >= 0.3 is 11.8 Å². The van der Waals surface area contributed by atoms with Crippen molar-refractivity contribution in [2.45, 2.75) is 19.8 Å². The minimum Gasteiger partial charge on any atom is -0.493 e. The normalized spacial score (nSPS) is 14.4. The van der Waals surface area contributed by atoms with E-state index >= 15 is 0 Å². The van der Waals surface area contributed by atoms with Gasteiger partial charge in [-0.05, 0) is 31.9 Å². The predicted molar refractivity (Wildman–Crippen MR) is 79.2 cm³/mol. The molecule has 21 heavy (non-hydrogen) atoms. The number of nitrogens with zero attached hydrogens (tertiary/aromatic N) is 2. The molecule has 2 amide bonds. The maximum Gasteiger partial charge on any atom is 0.329 e. The minimum absolute atomic E-state index is 0.525. The van der Waals surface area contributed by atoms with Crippen LogP contribution in [0.3, 0.4) is 0 Å². The summed E-state index contributed by atoms with van der Waals surface area (Å²) in [6.45, 7) is 3.72. The van der Waals surface area contributed by atoms with Crippen molar-refractivity contribution in [2.24, 2.45) is 5.10 Å². The van der Waals surface area contributed by atoms with Crippen LogP contribution in [0.5, 0.6) is 5.75 Å². The fraction of sp³-hybridized carbons (Fsp3) is 0.400. The van der Waals surface area contributed by atoms with Crippen LogP contribution in [0, 0.1) is 0 Å². The minimum atomic E-state index is -0.706. The molecule has 1 aromatic rings. The van der Waals surface area contributed by atoms with Gasteiger partial charge in [0.15, 0.2) is 0 Å². The highest BCUT2D eigenvalue weighted by Gasteiger charge is 2.23. The Bertz CT molecular complexity index is 537. The standard InChI is InChI=1S/C15H19N3O3/c1-2-21-13-8-4-3-7-12(13)11-16-17-14(19)15(20)18-9-5-6-10-18/h3-4,7-8,11H,2,5-6,9-10H2,1H3,(H,17,19)/b16-11-. The van der Waals surface area contributed by atoms with Crippen molar-refractivity contribution < 1.29 is 14.3 Å². The molecule has 0 saturated carbocycles. The van der Waals surface area contributed by atoms with Crippen LogP contribution in [0.15, 0.2) is 29.4 Å². The first kappa shape index (κ1) is 15.0. The van der Waals surface area contributed by atoms with Gasteiger partial charge in [-0.1, -0.05) is 12.1 Å². The van der Waals surface area contributed by atoms with Gasteiger partial charge in [0.25, 0.3) is 0 Å². The summed E-state index contributed by atoms with van der Waals surface area (Å²) in [4.78, 5) is 25.0. The van der Waals surface area contributed by atoms with E-state index in [9.17, 15) is 9.59 Å². The fourth-order valence-corrected chi connectivity index (χ4v) is 2.15. The quantitative estimate of drug-likeness (QED) is 0.513. The molecule has 0 radical (unpaired) electrons. The molecule has 1 aromatic carbocycles. The van der Waals surface area contributed by atoms with Gasteiger partial charge in [0.2, 0.25) is 0 Å². The van der Waals surface area contributed by atoms with Gasteiger partial charge in [0.05, 0.1) is 12.8 Å². The molecular weight excluding hydrogens is 270 g/mol. The summed E-state index contributed by atoms with van der Waals surface area (Å²) < 4.78 is 5.44. The highest BCUT2D eigenvalue weighted by molar-refractivity contribution is 6.35. The number of hydrogen-bond acceptors (Lipinski definition) is 4. The van der Waals surface area contributed by atoms with E-state index in [1.807, 2.05) is 31.2 Å². The molecule has 1 aliphatic heterocycles. The molecule has 6 nitrogen and oxygen atoms in total. The second-order valence-electron chi connectivity index (χ2n) is 4.67. The first-order valence-corrected chi connectivity index (χ1v) is 7.06. The number of amides is 2. The maximum absolute atomic E-state index is 11.8. The monoisotopic (exact) mass is 289 g/mol. The lowest BCUT2D eigenvalue weighted by Crippen LogP contribution is -2.39. The molecule has 0 aromatic heterocycles. The molecule has 0 spiro atoms. The van der Waals surface area contributed by atoms with E-state index in [-0.39, 0.29) is 0 Å². The number of hydrogen-bond donors (Lipinski definition) is 1. The molecule has 1 fully saturated rings. The largest absolute Gasteiger partial charge is 0.493 e. The molecule has 0 aliphatic carbocycles. The molecule has 0 unspecified atom stereocenters. The molecule has 1 saturated heterocycles. The summed E-state index contributed by atoms with van der Waals surface area (Å²) in [6, 6.07) is 7.35. The maximum atomic E-state index is 11.8. The third kappa shape index (κ3) is 4.05. The number of hydrazone groups is 1. The van der Waals surface area contributed by atoms with Crippen molar-refractivity contribution in [1.82, 2.24) is 10.3 Å².